The average molecular weight is 452 g/mol. The summed E-state index contributed by atoms with van der Waals surface area (Å²) in [7, 11) is 0. The van der Waals surface area contributed by atoms with Crippen molar-refractivity contribution in [1.82, 2.24) is 10.2 Å². The Labute approximate surface area is 160 Å². The van der Waals surface area contributed by atoms with Crippen LogP contribution in [0.1, 0.15) is 23.6 Å². The molecule has 1 fully saturated rings. The van der Waals surface area contributed by atoms with Gasteiger partial charge in [0.2, 0.25) is 0 Å². The minimum absolute atomic E-state index is 0. The lowest BCUT2D eigenvalue weighted by atomic mass is 9.97. The fraction of sp³-hybridized carbons (Fsp3) is 0.467. The second-order valence-corrected chi connectivity index (χ2v) is 6.13. The Morgan fingerprint density at radius 3 is 2.38 bits per heavy atom. The van der Waals surface area contributed by atoms with Crippen LogP contribution in [0.5, 0.6) is 5.75 Å². The van der Waals surface area contributed by atoms with E-state index in [9.17, 15) is 18.3 Å². The fourth-order valence-electron chi connectivity index (χ4n) is 2.71. The van der Waals surface area contributed by atoms with Crippen LogP contribution in [0.4, 0.5) is 13.2 Å². The van der Waals surface area contributed by atoms with E-state index in [1.807, 2.05) is 0 Å². The van der Waals surface area contributed by atoms with Crippen LogP contribution in [0, 0.1) is 0 Å². The highest BCUT2D eigenvalue weighted by molar-refractivity contribution is 9.10. The van der Waals surface area contributed by atoms with E-state index in [4.69, 9.17) is 0 Å². The third kappa shape index (κ3) is 5.52. The molecule has 0 aromatic heterocycles. The Morgan fingerprint density at radius 2 is 1.88 bits per heavy atom. The van der Waals surface area contributed by atoms with E-state index in [0.717, 1.165) is 19.2 Å². The van der Waals surface area contributed by atoms with Gasteiger partial charge in [0, 0.05) is 42.3 Å². The van der Waals surface area contributed by atoms with Crippen molar-refractivity contribution < 1.29 is 18.3 Å². The molecule has 138 valence electrons. The highest BCUT2D eigenvalue weighted by atomic mass is 79.9. The maximum atomic E-state index is 13.1. The quantitative estimate of drug-likeness (QED) is 0.659. The number of piperazine rings is 1. The summed E-state index contributed by atoms with van der Waals surface area (Å²) < 4.78 is 39.5. The summed E-state index contributed by atoms with van der Waals surface area (Å²) in [5.74, 6) is -0.693. The van der Waals surface area contributed by atoms with Gasteiger partial charge in [-0.2, -0.15) is 13.2 Å². The number of phenols is 1. The molecule has 2 rings (SSSR count). The van der Waals surface area contributed by atoms with Crippen molar-refractivity contribution in [3.05, 3.63) is 40.4 Å². The van der Waals surface area contributed by atoms with Crippen LogP contribution >= 0.6 is 40.7 Å². The molecular formula is C15H20BrCl2F3N2O. The minimum atomic E-state index is -4.59. The Morgan fingerprint density at radius 1 is 1.29 bits per heavy atom. The van der Waals surface area contributed by atoms with Crippen LogP contribution in [-0.2, 0) is 6.18 Å². The maximum absolute atomic E-state index is 13.1. The van der Waals surface area contributed by atoms with Gasteiger partial charge in [-0.15, -0.1) is 31.4 Å². The van der Waals surface area contributed by atoms with Crippen molar-refractivity contribution in [2.45, 2.75) is 18.6 Å². The van der Waals surface area contributed by atoms with Crippen molar-refractivity contribution >= 4 is 40.7 Å². The standard InChI is InChI=1S/C15H18BrF3N2O.2ClH/c1-2-3-13(21-6-4-20-5-7-21)11-8-10(16)9-12(14(11)22)15(17,18)19;;/h2,8-9,13,20,22H,1,3-7H2;2*1H/t13-;;/m0../s1. The second kappa shape index (κ2) is 9.87. The molecule has 9 heteroatoms. The SMILES string of the molecule is C=CC[C@@H](c1cc(Br)cc(C(F)(F)F)c1O)N1CCNCC1.Cl.Cl. The van der Waals surface area contributed by atoms with Gasteiger partial charge in [0.25, 0.3) is 0 Å². The monoisotopic (exact) mass is 450 g/mol. The summed E-state index contributed by atoms with van der Waals surface area (Å²) in [5.41, 5.74) is -0.732. The molecule has 0 amide bonds. The first kappa shape index (κ1) is 23.5. The third-order valence-electron chi connectivity index (χ3n) is 3.75. The highest BCUT2D eigenvalue weighted by Crippen LogP contribution is 2.43. The third-order valence-corrected chi connectivity index (χ3v) is 4.21. The van der Waals surface area contributed by atoms with Crippen molar-refractivity contribution in [1.29, 1.82) is 0 Å². The Hall–Kier alpha value is -0.470. The van der Waals surface area contributed by atoms with E-state index >= 15 is 0 Å². The zero-order valence-electron chi connectivity index (χ0n) is 12.8. The van der Waals surface area contributed by atoms with Crippen LogP contribution in [0.25, 0.3) is 0 Å². The van der Waals surface area contributed by atoms with E-state index in [0.29, 0.717) is 24.0 Å². The number of hydrogen-bond acceptors (Lipinski definition) is 3. The Balaban J connectivity index is 0.00000264. The van der Waals surface area contributed by atoms with Crippen molar-refractivity contribution in [2.75, 3.05) is 26.2 Å². The molecule has 1 saturated heterocycles. The molecule has 0 bridgehead atoms. The lowest BCUT2D eigenvalue weighted by Gasteiger charge is -2.35. The van der Waals surface area contributed by atoms with Gasteiger partial charge in [0.15, 0.2) is 0 Å². The maximum Gasteiger partial charge on any atom is 0.420 e. The molecule has 1 atom stereocenters. The number of hydrogen-bond donors (Lipinski definition) is 2. The van der Waals surface area contributed by atoms with Gasteiger partial charge in [0.1, 0.15) is 5.75 Å². The molecule has 0 saturated carbocycles. The molecule has 2 N–H and O–H groups in total. The number of benzene rings is 1. The van der Waals surface area contributed by atoms with E-state index < -0.39 is 17.5 Å². The predicted octanol–water partition coefficient (Wildman–Crippen LogP) is 4.54. The van der Waals surface area contributed by atoms with E-state index in [1.54, 1.807) is 12.1 Å². The van der Waals surface area contributed by atoms with Gasteiger partial charge in [-0.25, -0.2) is 0 Å². The smallest absolute Gasteiger partial charge is 0.420 e. The molecular weight excluding hydrogens is 432 g/mol. The van der Waals surface area contributed by atoms with Crippen molar-refractivity contribution in [2.24, 2.45) is 0 Å². The lowest BCUT2D eigenvalue weighted by molar-refractivity contribution is -0.138. The number of aromatic hydroxyl groups is 1. The summed E-state index contributed by atoms with van der Waals surface area (Å²) in [6.07, 6.45) is -2.45. The molecule has 1 heterocycles. The van der Waals surface area contributed by atoms with Crippen LogP contribution in [0.3, 0.4) is 0 Å². The largest absolute Gasteiger partial charge is 0.507 e. The molecule has 1 aromatic carbocycles. The number of phenolic OH excluding ortho intramolecular Hbond substituents is 1. The molecule has 1 aliphatic rings. The normalized spacial score (nSPS) is 16.7. The van der Waals surface area contributed by atoms with Crippen molar-refractivity contribution in [3.63, 3.8) is 0 Å². The molecule has 24 heavy (non-hydrogen) atoms. The topological polar surface area (TPSA) is 35.5 Å². The summed E-state index contributed by atoms with van der Waals surface area (Å²) in [4.78, 5) is 2.07. The summed E-state index contributed by atoms with van der Waals surface area (Å²) >= 11 is 3.12. The van der Waals surface area contributed by atoms with Gasteiger partial charge in [-0.1, -0.05) is 22.0 Å². The number of alkyl halides is 3. The second-order valence-electron chi connectivity index (χ2n) is 5.22. The zero-order chi connectivity index (χ0) is 16.3. The predicted molar refractivity (Wildman–Crippen MR) is 97.3 cm³/mol. The number of nitrogens with one attached hydrogen (secondary N) is 1. The molecule has 0 unspecified atom stereocenters. The lowest BCUT2D eigenvalue weighted by Crippen LogP contribution is -2.45. The number of halogens is 6. The van der Waals surface area contributed by atoms with Crippen LogP contribution < -0.4 is 5.32 Å². The first-order valence-corrected chi connectivity index (χ1v) is 7.79. The Kier molecular flexibility index (Phi) is 9.68. The zero-order valence-corrected chi connectivity index (χ0v) is 16.0. The van der Waals surface area contributed by atoms with Crippen molar-refractivity contribution in [3.8, 4) is 5.75 Å². The molecule has 3 nitrogen and oxygen atoms in total. The van der Waals surface area contributed by atoms with Gasteiger partial charge in [-0.3, -0.25) is 4.90 Å². The van der Waals surface area contributed by atoms with Gasteiger partial charge in [0.05, 0.1) is 5.56 Å². The number of nitrogens with zero attached hydrogens (tertiary/aromatic N) is 1. The van der Waals surface area contributed by atoms with Gasteiger partial charge in [-0.05, 0) is 18.6 Å². The van der Waals surface area contributed by atoms with E-state index in [-0.39, 0.29) is 36.4 Å². The molecule has 0 radical (unpaired) electrons. The highest BCUT2D eigenvalue weighted by Gasteiger charge is 2.37. The van der Waals surface area contributed by atoms with E-state index in [2.05, 4.69) is 32.7 Å². The summed E-state index contributed by atoms with van der Waals surface area (Å²) in [5, 5.41) is 13.4. The first-order valence-electron chi connectivity index (χ1n) is 7.00. The fourth-order valence-corrected chi connectivity index (χ4v) is 3.19. The minimum Gasteiger partial charge on any atom is -0.507 e. The first-order chi connectivity index (χ1) is 10.3. The van der Waals surface area contributed by atoms with Gasteiger partial charge >= 0.3 is 6.18 Å². The van der Waals surface area contributed by atoms with Crippen LogP contribution in [0.15, 0.2) is 29.3 Å². The molecule has 1 aromatic rings. The van der Waals surface area contributed by atoms with Crippen LogP contribution in [0.2, 0.25) is 0 Å². The number of rotatable bonds is 4. The van der Waals surface area contributed by atoms with Crippen LogP contribution in [-0.4, -0.2) is 36.2 Å². The molecule has 0 aliphatic carbocycles. The van der Waals surface area contributed by atoms with E-state index in [1.165, 1.54) is 0 Å². The van der Waals surface area contributed by atoms with Gasteiger partial charge < -0.3 is 10.4 Å². The molecule has 1 aliphatic heterocycles. The summed E-state index contributed by atoms with van der Waals surface area (Å²) in [6.45, 7) is 6.66. The Bertz CT molecular complexity index is 552. The summed E-state index contributed by atoms with van der Waals surface area (Å²) in [6, 6.07) is 2.14. The molecule has 0 spiro atoms. The average Bonchev–Trinajstić information content (AvgIpc) is 2.47.